The number of carbonyl (C=O) groups excluding carboxylic acids is 1. The lowest BCUT2D eigenvalue weighted by Gasteiger charge is -2.06. The number of halogens is 3. The van der Waals surface area contributed by atoms with Crippen molar-refractivity contribution in [2.75, 3.05) is 5.32 Å². The summed E-state index contributed by atoms with van der Waals surface area (Å²) >= 11 is 17.3. The number of nitrogens with one attached hydrogen (secondary N) is 1. The van der Waals surface area contributed by atoms with Crippen LogP contribution in [0.4, 0.5) is 11.4 Å². The third kappa shape index (κ3) is 3.64. The standard InChI is InChI=1S/C13H7Cl3N2O3/c14-9-3-1-7(5-11(9)16)13(19)17-8-2-4-10(15)12(6-8)18(20)21/h1-6H,(H,17,19). The van der Waals surface area contributed by atoms with Crippen LogP contribution in [-0.4, -0.2) is 10.8 Å². The third-order valence-corrected chi connectivity index (χ3v) is 3.64. The second-order valence-corrected chi connectivity index (χ2v) is 5.23. The molecule has 0 heterocycles. The van der Waals surface area contributed by atoms with Gasteiger partial charge in [0, 0.05) is 17.3 Å². The average molecular weight is 346 g/mol. The van der Waals surface area contributed by atoms with Crippen molar-refractivity contribution in [2.45, 2.75) is 0 Å². The van der Waals surface area contributed by atoms with E-state index in [2.05, 4.69) is 5.32 Å². The van der Waals surface area contributed by atoms with E-state index in [0.29, 0.717) is 5.02 Å². The first kappa shape index (κ1) is 15.6. The summed E-state index contributed by atoms with van der Waals surface area (Å²) in [7, 11) is 0. The molecule has 0 fully saturated rings. The molecular weight excluding hydrogens is 339 g/mol. The molecule has 0 radical (unpaired) electrons. The highest BCUT2D eigenvalue weighted by molar-refractivity contribution is 6.42. The van der Waals surface area contributed by atoms with Crippen molar-refractivity contribution in [3.05, 3.63) is 67.1 Å². The number of rotatable bonds is 3. The molecule has 0 bridgehead atoms. The third-order valence-electron chi connectivity index (χ3n) is 2.58. The maximum atomic E-state index is 12.0. The summed E-state index contributed by atoms with van der Waals surface area (Å²) in [6, 6.07) is 8.37. The lowest BCUT2D eigenvalue weighted by atomic mass is 10.2. The summed E-state index contributed by atoms with van der Waals surface area (Å²) in [5.41, 5.74) is 0.243. The van der Waals surface area contributed by atoms with Crippen LogP contribution in [0.25, 0.3) is 0 Å². The van der Waals surface area contributed by atoms with Gasteiger partial charge >= 0.3 is 0 Å². The number of hydrogen-bond donors (Lipinski definition) is 1. The van der Waals surface area contributed by atoms with Crippen molar-refractivity contribution in [1.82, 2.24) is 0 Å². The van der Waals surface area contributed by atoms with E-state index in [9.17, 15) is 14.9 Å². The summed E-state index contributed by atoms with van der Waals surface area (Å²) in [4.78, 5) is 22.2. The van der Waals surface area contributed by atoms with Gasteiger partial charge in [-0.25, -0.2) is 0 Å². The Kier molecular flexibility index (Phi) is 4.67. The molecule has 0 saturated carbocycles. The van der Waals surface area contributed by atoms with Gasteiger partial charge in [-0.3, -0.25) is 14.9 Å². The first-order valence-electron chi connectivity index (χ1n) is 5.59. The molecule has 0 aliphatic carbocycles. The minimum absolute atomic E-state index is 0.00691. The van der Waals surface area contributed by atoms with Crippen LogP contribution >= 0.6 is 34.8 Å². The van der Waals surface area contributed by atoms with Crippen LogP contribution in [0, 0.1) is 10.1 Å². The number of nitro groups is 1. The Morgan fingerprint density at radius 1 is 1.00 bits per heavy atom. The van der Waals surface area contributed by atoms with E-state index < -0.39 is 10.8 Å². The van der Waals surface area contributed by atoms with Crippen LogP contribution in [0.1, 0.15) is 10.4 Å². The Balaban J connectivity index is 2.25. The molecule has 1 N–H and O–H groups in total. The molecule has 8 heteroatoms. The zero-order valence-electron chi connectivity index (χ0n) is 10.3. The predicted molar refractivity (Wildman–Crippen MR) is 82.5 cm³/mol. The van der Waals surface area contributed by atoms with E-state index in [-0.39, 0.29) is 27.0 Å². The molecule has 2 aromatic carbocycles. The number of nitrogens with zero attached hydrogens (tertiary/aromatic N) is 1. The number of hydrogen-bond acceptors (Lipinski definition) is 3. The quantitative estimate of drug-likeness (QED) is 0.641. The molecule has 0 aliphatic rings. The Morgan fingerprint density at radius 2 is 1.67 bits per heavy atom. The topological polar surface area (TPSA) is 72.2 Å². The Bertz CT molecular complexity index is 735. The van der Waals surface area contributed by atoms with Crippen molar-refractivity contribution < 1.29 is 9.72 Å². The van der Waals surface area contributed by atoms with Gasteiger partial charge in [0.25, 0.3) is 11.6 Å². The van der Waals surface area contributed by atoms with Crippen molar-refractivity contribution in [2.24, 2.45) is 0 Å². The summed E-state index contributed by atoms with van der Waals surface area (Å²) in [6.45, 7) is 0. The van der Waals surface area contributed by atoms with E-state index in [1.807, 2.05) is 0 Å². The molecule has 108 valence electrons. The fourth-order valence-corrected chi connectivity index (χ4v) is 2.06. The molecule has 5 nitrogen and oxygen atoms in total. The first-order chi connectivity index (χ1) is 9.88. The van der Waals surface area contributed by atoms with Crippen molar-refractivity contribution >= 4 is 52.1 Å². The van der Waals surface area contributed by atoms with Crippen LogP contribution < -0.4 is 5.32 Å². The van der Waals surface area contributed by atoms with Gasteiger partial charge in [0.15, 0.2) is 0 Å². The normalized spacial score (nSPS) is 10.2. The van der Waals surface area contributed by atoms with Crippen LogP contribution in [-0.2, 0) is 0 Å². The molecule has 1 amide bonds. The van der Waals surface area contributed by atoms with Gasteiger partial charge in [0.2, 0.25) is 0 Å². The molecule has 0 aliphatic heterocycles. The summed E-state index contributed by atoms with van der Waals surface area (Å²) in [5, 5.41) is 13.9. The predicted octanol–water partition coefficient (Wildman–Crippen LogP) is 4.81. The van der Waals surface area contributed by atoms with Crippen LogP contribution in [0.2, 0.25) is 15.1 Å². The fourth-order valence-electron chi connectivity index (χ4n) is 1.57. The van der Waals surface area contributed by atoms with E-state index in [1.165, 1.54) is 36.4 Å². The molecular formula is C13H7Cl3N2O3. The highest BCUT2D eigenvalue weighted by atomic mass is 35.5. The van der Waals surface area contributed by atoms with E-state index >= 15 is 0 Å². The van der Waals surface area contributed by atoms with Gasteiger partial charge in [-0.05, 0) is 30.3 Å². The van der Waals surface area contributed by atoms with Crippen LogP contribution in [0.3, 0.4) is 0 Å². The van der Waals surface area contributed by atoms with Crippen molar-refractivity contribution in [3.63, 3.8) is 0 Å². The number of nitro benzene ring substituents is 1. The SMILES string of the molecule is O=C(Nc1ccc(Cl)c([N+](=O)[O-])c1)c1ccc(Cl)c(Cl)c1. The van der Waals surface area contributed by atoms with Crippen LogP contribution in [0.5, 0.6) is 0 Å². The highest BCUT2D eigenvalue weighted by Crippen LogP contribution is 2.28. The summed E-state index contributed by atoms with van der Waals surface area (Å²) < 4.78 is 0. The maximum absolute atomic E-state index is 12.0. The number of amides is 1. The highest BCUT2D eigenvalue weighted by Gasteiger charge is 2.15. The Labute approximate surface area is 134 Å². The smallest absolute Gasteiger partial charge is 0.289 e. The van der Waals surface area contributed by atoms with Crippen molar-refractivity contribution in [1.29, 1.82) is 0 Å². The zero-order chi connectivity index (χ0) is 15.6. The molecule has 21 heavy (non-hydrogen) atoms. The molecule has 2 rings (SSSR count). The maximum Gasteiger partial charge on any atom is 0.289 e. The van der Waals surface area contributed by atoms with Gasteiger partial charge in [0.1, 0.15) is 5.02 Å². The monoisotopic (exact) mass is 344 g/mol. The summed E-state index contributed by atoms with van der Waals surface area (Å²) in [6.07, 6.45) is 0. The molecule has 0 aromatic heterocycles. The molecule has 0 saturated heterocycles. The number of benzene rings is 2. The van der Waals surface area contributed by atoms with Gasteiger partial charge in [-0.2, -0.15) is 0 Å². The van der Waals surface area contributed by atoms with Gasteiger partial charge in [-0.15, -0.1) is 0 Å². The molecule has 0 atom stereocenters. The summed E-state index contributed by atoms with van der Waals surface area (Å²) in [5.74, 6) is -0.467. The minimum Gasteiger partial charge on any atom is -0.322 e. The first-order valence-corrected chi connectivity index (χ1v) is 6.72. The lowest BCUT2D eigenvalue weighted by molar-refractivity contribution is -0.384. The lowest BCUT2D eigenvalue weighted by Crippen LogP contribution is -2.12. The average Bonchev–Trinajstić information content (AvgIpc) is 2.43. The number of anilines is 1. The van der Waals surface area contributed by atoms with E-state index in [4.69, 9.17) is 34.8 Å². The second-order valence-electron chi connectivity index (χ2n) is 4.01. The van der Waals surface area contributed by atoms with Crippen molar-refractivity contribution in [3.8, 4) is 0 Å². The van der Waals surface area contributed by atoms with E-state index in [1.54, 1.807) is 0 Å². The fraction of sp³-hybridized carbons (Fsp3) is 0. The number of carbonyl (C=O) groups is 1. The molecule has 2 aromatic rings. The zero-order valence-corrected chi connectivity index (χ0v) is 12.5. The van der Waals surface area contributed by atoms with E-state index in [0.717, 1.165) is 0 Å². The van der Waals surface area contributed by atoms with Gasteiger partial charge < -0.3 is 5.32 Å². The van der Waals surface area contributed by atoms with Gasteiger partial charge in [-0.1, -0.05) is 34.8 Å². The van der Waals surface area contributed by atoms with Gasteiger partial charge in [0.05, 0.1) is 15.0 Å². The second kappa shape index (κ2) is 6.30. The molecule has 0 spiro atoms. The Morgan fingerprint density at radius 3 is 2.29 bits per heavy atom. The minimum atomic E-state index is -0.628. The largest absolute Gasteiger partial charge is 0.322 e. The molecule has 0 unspecified atom stereocenters. The van der Waals surface area contributed by atoms with Crippen LogP contribution in [0.15, 0.2) is 36.4 Å². The Hall–Kier alpha value is -1.82.